The maximum atomic E-state index is 2.47. The quantitative estimate of drug-likeness (QED) is 0.502. The van der Waals surface area contributed by atoms with Crippen LogP contribution in [0, 0.1) is 11.8 Å². The molecule has 1 atom stereocenters. The van der Waals surface area contributed by atoms with E-state index in [1.807, 2.05) is 0 Å². The first-order valence-corrected chi connectivity index (χ1v) is 5.13. The molecule has 1 fully saturated rings. The Kier molecular flexibility index (Phi) is 2.30. The van der Waals surface area contributed by atoms with Crippen molar-refractivity contribution in [2.75, 3.05) is 0 Å². The number of allylic oxidation sites excluding steroid dienone is 2. The molecule has 0 amide bonds. The molecule has 2 rings (SSSR count). The Morgan fingerprint density at radius 1 is 0.909 bits per heavy atom. The van der Waals surface area contributed by atoms with E-state index in [0.29, 0.717) is 0 Å². The van der Waals surface area contributed by atoms with Crippen molar-refractivity contribution in [3.8, 4) is 0 Å². The Morgan fingerprint density at radius 3 is 2.36 bits per heavy atom. The summed E-state index contributed by atoms with van der Waals surface area (Å²) in [6.45, 7) is 0. The second kappa shape index (κ2) is 3.42. The minimum atomic E-state index is 0.968. The van der Waals surface area contributed by atoms with E-state index in [9.17, 15) is 0 Å². The van der Waals surface area contributed by atoms with Crippen LogP contribution in [0.15, 0.2) is 12.2 Å². The summed E-state index contributed by atoms with van der Waals surface area (Å²) in [7, 11) is 0. The molecular weight excluding hydrogens is 132 g/mol. The highest BCUT2D eigenvalue weighted by molar-refractivity contribution is 4.99. The first kappa shape index (κ1) is 7.39. The first-order valence-electron chi connectivity index (χ1n) is 5.13. The maximum Gasteiger partial charge on any atom is -0.0202 e. The minimum Gasteiger partial charge on any atom is -0.0882 e. The fraction of sp³-hybridized carbons (Fsp3) is 0.818. The van der Waals surface area contributed by atoms with Gasteiger partial charge in [-0.3, -0.25) is 0 Å². The Balaban J connectivity index is 1.87. The van der Waals surface area contributed by atoms with Crippen LogP contribution in [0.25, 0.3) is 0 Å². The van der Waals surface area contributed by atoms with Gasteiger partial charge in [0.1, 0.15) is 0 Å². The highest BCUT2D eigenvalue weighted by Gasteiger charge is 2.22. The van der Waals surface area contributed by atoms with Crippen molar-refractivity contribution in [3.05, 3.63) is 12.2 Å². The van der Waals surface area contributed by atoms with Gasteiger partial charge in [0, 0.05) is 0 Å². The summed E-state index contributed by atoms with van der Waals surface area (Å²) in [6.07, 6.45) is 15.1. The van der Waals surface area contributed by atoms with Gasteiger partial charge in [-0.05, 0) is 37.5 Å². The van der Waals surface area contributed by atoms with E-state index >= 15 is 0 Å². The number of hydrogen-bond donors (Lipinski definition) is 0. The maximum absolute atomic E-state index is 2.47. The zero-order valence-corrected chi connectivity index (χ0v) is 7.26. The molecule has 0 heterocycles. The van der Waals surface area contributed by atoms with E-state index in [4.69, 9.17) is 0 Å². The van der Waals surface area contributed by atoms with Crippen molar-refractivity contribution in [2.45, 2.75) is 44.9 Å². The van der Waals surface area contributed by atoms with Crippen molar-refractivity contribution < 1.29 is 0 Å². The second-order valence-electron chi connectivity index (χ2n) is 4.07. The molecule has 0 heteroatoms. The molecule has 0 aromatic carbocycles. The topological polar surface area (TPSA) is 0 Å². The van der Waals surface area contributed by atoms with Gasteiger partial charge in [-0.2, -0.15) is 0 Å². The molecule has 62 valence electrons. The number of rotatable bonds is 1. The van der Waals surface area contributed by atoms with Gasteiger partial charge < -0.3 is 0 Å². The fourth-order valence-corrected chi connectivity index (χ4v) is 2.61. The third kappa shape index (κ3) is 1.66. The van der Waals surface area contributed by atoms with Crippen molar-refractivity contribution in [1.29, 1.82) is 0 Å². The van der Waals surface area contributed by atoms with Gasteiger partial charge in [-0.15, -0.1) is 0 Å². The van der Waals surface area contributed by atoms with E-state index < -0.39 is 0 Å². The standard InChI is InChI=1S/C11H18/c1-2-6-10(7-3-1)11-8-4-5-9-11/h4,8,10-11H,1-3,5-7,9H2. The minimum absolute atomic E-state index is 0.968. The molecule has 0 bridgehead atoms. The SMILES string of the molecule is C1=CC(C2CCCCC2)CC1. The number of hydrogen-bond acceptors (Lipinski definition) is 0. The highest BCUT2D eigenvalue weighted by atomic mass is 14.3. The predicted molar refractivity (Wildman–Crippen MR) is 48.4 cm³/mol. The molecule has 0 nitrogen and oxygen atoms in total. The van der Waals surface area contributed by atoms with Crippen molar-refractivity contribution in [2.24, 2.45) is 11.8 Å². The van der Waals surface area contributed by atoms with E-state index in [0.717, 1.165) is 11.8 Å². The molecule has 11 heavy (non-hydrogen) atoms. The van der Waals surface area contributed by atoms with Crippen LogP contribution in [0.2, 0.25) is 0 Å². The van der Waals surface area contributed by atoms with Crippen LogP contribution in [-0.2, 0) is 0 Å². The van der Waals surface area contributed by atoms with E-state index in [1.54, 1.807) is 0 Å². The largest absolute Gasteiger partial charge is 0.0882 e. The van der Waals surface area contributed by atoms with Crippen LogP contribution in [0.5, 0.6) is 0 Å². The van der Waals surface area contributed by atoms with Gasteiger partial charge in [0.25, 0.3) is 0 Å². The van der Waals surface area contributed by atoms with E-state index in [2.05, 4.69) is 12.2 Å². The lowest BCUT2D eigenvalue weighted by Gasteiger charge is -2.26. The van der Waals surface area contributed by atoms with E-state index in [-0.39, 0.29) is 0 Å². The lowest BCUT2D eigenvalue weighted by molar-refractivity contribution is 0.284. The third-order valence-electron chi connectivity index (χ3n) is 3.31. The molecule has 2 aliphatic rings. The van der Waals surface area contributed by atoms with Gasteiger partial charge in [0.2, 0.25) is 0 Å². The third-order valence-corrected chi connectivity index (χ3v) is 3.31. The molecule has 2 aliphatic carbocycles. The molecule has 0 N–H and O–H groups in total. The van der Waals surface area contributed by atoms with Crippen molar-refractivity contribution >= 4 is 0 Å². The van der Waals surface area contributed by atoms with Crippen LogP contribution in [0.1, 0.15) is 44.9 Å². The molecule has 0 radical (unpaired) electrons. The van der Waals surface area contributed by atoms with Gasteiger partial charge in [-0.25, -0.2) is 0 Å². The van der Waals surface area contributed by atoms with Crippen LogP contribution in [0.3, 0.4) is 0 Å². The molecule has 0 aromatic rings. The lowest BCUT2D eigenvalue weighted by Crippen LogP contribution is -2.14. The van der Waals surface area contributed by atoms with Crippen LogP contribution < -0.4 is 0 Å². The molecule has 1 saturated carbocycles. The Hall–Kier alpha value is -0.260. The van der Waals surface area contributed by atoms with Gasteiger partial charge >= 0.3 is 0 Å². The zero-order valence-electron chi connectivity index (χ0n) is 7.26. The summed E-state index contributed by atoms with van der Waals surface area (Å²) >= 11 is 0. The Morgan fingerprint density at radius 2 is 1.73 bits per heavy atom. The normalized spacial score (nSPS) is 32.9. The molecular formula is C11H18. The summed E-state index contributed by atoms with van der Waals surface area (Å²) in [5.74, 6) is 2.03. The predicted octanol–water partition coefficient (Wildman–Crippen LogP) is 3.53. The molecule has 0 aromatic heterocycles. The molecule has 1 unspecified atom stereocenters. The van der Waals surface area contributed by atoms with Crippen LogP contribution in [-0.4, -0.2) is 0 Å². The molecule has 0 aliphatic heterocycles. The summed E-state index contributed by atoms with van der Waals surface area (Å²) in [5.41, 5.74) is 0. The average Bonchev–Trinajstić information content (AvgIpc) is 2.58. The smallest absolute Gasteiger partial charge is 0.0202 e. The summed E-state index contributed by atoms with van der Waals surface area (Å²) in [5, 5.41) is 0. The van der Waals surface area contributed by atoms with Crippen molar-refractivity contribution in [1.82, 2.24) is 0 Å². The zero-order chi connectivity index (χ0) is 7.52. The Bertz CT molecular complexity index is 140. The van der Waals surface area contributed by atoms with Gasteiger partial charge in [-0.1, -0.05) is 31.4 Å². The van der Waals surface area contributed by atoms with Gasteiger partial charge in [0.05, 0.1) is 0 Å². The summed E-state index contributed by atoms with van der Waals surface area (Å²) < 4.78 is 0. The molecule has 0 spiro atoms. The second-order valence-corrected chi connectivity index (χ2v) is 4.07. The summed E-state index contributed by atoms with van der Waals surface area (Å²) in [6, 6.07) is 0. The average molecular weight is 150 g/mol. The molecule has 0 saturated heterocycles. The van der Waals surface area contributed by atoms with E-state index in [1.165, 1.54) is 44.9 Å². The lowest BCUT2D eigenvalue weighted by atomic mass is 9.80. The highest BCUT2D eigenvalue weighted by Crippen LogP contribution is 2.35. The van der Waals surface area contributed by atoms with Crippen molar-refractivity contribution in [3.63, 3.8) is 0 Å². The van der Waals surface area contributed by atoms with Crippen LogP contribution >= 0.6 is 0 Å². The Labute approximate surface area is 69.7 Å². The first-order chi connectivity index (χ1) is 5.47. The van der Waals surface area contributed by atoms with Gasteiger partial charge in [0.15, 0.2) is 0 Å². The fourth-order valence-electron chi connectivity index (χ4n) is 2.61. The monoisotopic (exact) mass is 150 g/mol. The van der Waals surface area contributed by atoms with Crippen LogP contribution in [0.4, 0.5) is 0 Å². The summed E-state index contributed by atoms with van der Waals surface area (Å²) in [4.78, 5) is 0.